The molecule has 0 aliphatic rings. The monoisotopic (exact) mass is 252 g/mol. The van der Waals surface area contributed by atoms with Crippen LogP contribution in [0.4, 0.5) is 0 Å². The maximum atomic E-state index is 9.18. The van der Waals surface area contributed by atoms with Crippen LogP contribution in [-0.4, -0.2) is 14.5 Å². The Bertz CT molecular complexity index is 726. The molecule has 0 saturated heterocycles. The number of benzene rings is 1. The number of hydrogen-bond acceptors (Lipinski definition) is 2. The van der Waals surface area contributed by atoms with Crippen LogP contribution in [0.3, 0.4) is 0 Å². The Hall–Kier alpha value is -2.13. The van der Waals surface area contributed by atoms with Gasteiger partial charge in [-0.25, -0.2) is 4.98 Å². The molecule has 0 unspecified atom stereocenters. The number of pyridine rings is 1. The summed E-state index contributed by atoms with van der Waals surface area (Å²) in [7, 11) is 0. The van der Waals surface area contributed by atoms with Gasteiger partial charge in [-0.3, -0.25) is 0 Å². The fourth-order valence-corrected chi connectivity index (χ4v) is 2.29. The fraction of sp³-hybridized carbons (Fsp3) is 0.188. The third-order valence-corrected chi connectivity index (χ3v) is 3.44. The molecule has 0 radical (unpaired) electrons. The Morgan fingerprint density at radius 1 is 1.11 bits per heavy atom. The van der Waals surface area contributed by atoms with E-state index >= 15 is 0 Å². The summed E-state index contributed by atoms with van der Waals surface area (Å²) in [6.07, 6.45) is 1.96. The molecule has 3 nitrogen and oxygen atoms in total. The molecule has 0 saturated carbocycles. The van der Waals surface area contributed by atoms with Crippen LogP contribution in [0.5, 0.6) is 0 Å². The Kier molecular flexibility index (Phi) is 2.84. The van der Waals surface area contributed by atoms with Crippen molar-refractivity contribution >= 4 is 5.65 Å². The van der Waals surface area contributed by atoms with Crippen molar-refractivity contribution in [2.45, 2.75) is 20.5 Å². The van der Waals surface area contributed by atoms with Gasteiger partial charge < -0.3 is 9.51 Å². The van der Waals surface area contributed by atoms with Gasteiger partial charge in [0, 0.05) is 17.5 Å². The molecule has 0 aliphatic carbocycles. The average Bonchev–Trinajstić information content (AvgIpc) is 2.76. The molecule has 2 aromatic heterocycles. The first-order chi connectivity index (χ1) is 9.19. The lowest BCUT2D eigenvalue weighted by Gasteiger charge is -2.00. The van der Waals surface area contributed by atoms with Crippen LogP contribution >= 0.6 is 0 Å². The maximum absolute atomic E-state index is 9.18. The number of fused-ring (bicyclic) bond motifs is 1. The van der Waals surface area contributed by atoms with Gasteiger partial charge in [0.1, 0.15) is 5.65 Å². The molecule has 0 bridgehead atoms. The second kappa shape index (κ2) is 4.52. The molecule has 0 amide bonds. The summed E-state index contributed by atoms with van der Waals surface area (Å²) in [5.74, 6) is 0. The number of aryl methyl sites for hydroxylation is 2. The van der Waals surface area contributed by atoms with E-state index in [1.54, 1.807) is 0 Å². The SMILES string of the molecule is Cc1ccc(-c2nc3cc(CO)ccn3c2C)cc1. The highest BCUT2D eigenvalue weighted by Crippen LogP contribution is 2.24. The van der Waals surface area contributed by atoms with E-state index in [0.717, 1.165) is 28.2 Å². The van der Waals surface area contributed by atoms with Gasteiger partial charge in [-0.1, -0.05) is 29.8 Å². The molecule has 2 heterocycles. The number of aromatic nitrogens is 2. The molecule has 0 spiro atoms. The number of rotatable bonds is 2. The smallest absolute Gasteiger partial charge is 0.138 e. The van der Waals surface area contributed by atoms with Crippen molar-refractivity contribution in [3.8, 4) is 11.3 Å². The topological polar surface area (TPSA) is 37.5 Å². The molecule has 0 atom stereocenters. The van der Waals surface area contributed by atoms with Crippen molar-refractivity contribution < 1.29 is 5.11 Å². The minimum Gasteiger partial charge on any atom is -0.392 e. The van der Waals surface area contributed by atoms with Crippen molar-refractivity contribution in [2.75, 3.05) is 0 Å². The molecule has 0 fully saturated rings. The maximum Gasteiger partial charge on any atom is 0.138 e. The number of imidazole rings is 1. The first-order valence-electron chi connectivity index (χ1n) is 6.34. The van der Waals surface area contributed by atoms with E-state index in [1.807, 2.05) is 22.7 Å². The van der Waals surface area contributed by atoms with E-state index in [1.165, 1.54) is 5.56 Å². The number of hydrogen-bond donors (Lipinski definition) is 1. The Labute approximate surface area is 112 Å². The molecule has 3 heteroatoms. The zero-order chi connectivity index (χ0) is 13.4. The van der Waals surface area contributed by atoms with Crippen LogP contribution in [-0.2, 0) is 6.61 Å². The predicted molar refractivity (Wildman–Crippen MR) is 76.0 cm³/mol. The Morgan fingerprint density at radius 2 is 1.84 bits per heavy atom. The van der Waals surface area contributed by atoms with E-state index in [0.29, 0.717) is 0 Å². The third kappa shape index (κ3) is 2.02. The standard InChI is InChI=1S/C16H16N2O/c1-11-3-5-14(6-4-11)16-12(2)18-8-7-13(10-19)9-15(18)17-16/h3-9,19H,10H2,1-2H3. The highest BCUT2D eigenvalue weighted by molar-refractivity contribution is 5.66. The van der Waals surface area contributed by atoms with Crippen LogP contribution in [0.1, 0.15) is 16.8 Å². The van der Waals surface area contributed by atoms with E-state index in [-0.39, 0.29) is 6.61 Å². The zero-order valence-electron chi connectivity index (χ0n) is 11.1. The molecule has 1 N–H and O–H groups in total. The van der Waals surface area contributed by atoms with E-state index in [2.05, 4.69) is 43.1 Å². The van der Waals surface area contributed by atoms with Crippen molar-refractivity contribution in [1.29, 1.82) is 0 Å². The summed E-state index contributed by atoms with van der Waals surface area (Å²) in [4.78, 5) is 4.67. The molecular formula is C16H16N2O. The Morgan fingerprint density at radius 3 is 2.53 bits per heavy atom. The summed E-state index contributed by atoms with van der Waals surface area (Å²) in [5, 5.41) is 9.18. The van der Waals surface area contributed by atoms with E-state index in [9.17, 15) is 5.11 Å². The number of aliphatic hydroxyl groups is 1. The second-order valence-corrected chi connectivity index (χ2v) is 4.83. The minimum atomic E-state index is 0.0439. The molecule has 1 aromatic carbocycles. The van der Waals surface area contributed by atoms with Gasteiger partial charge in [0.25, 0.3) is 0 Å². The molecule has 3 rings (SSSR count). The quantitative estimate of drug-likeness (QED) is 0.761. The normalized spacial score (nSPS) is 11.1. The van der Waals surface area contributed by atoms with Gasteiger partial charge in [0.2, 0.25) is 0 Å². The summed E-state index contributed by atoms with van der Waals surface area (Å²) in [6.45, 7) is 4.18. The fourth-order valence-electron chi connectivity index (χ4n) is 2.29. The molecular weight excluding hydrogens is 236 g/mol. The molecule has 96 valence electrons. The van der Waals surface area contributed by atoms with Gasteiger partial charge in [-0.15, -0.1) is 0 Å². The van der Waals surface area contributed by atoms with Crippen molar-refractivity contribution in [3.63, 3.8) is 0 Å². The zero-order valence-corrected chi connectivity index (χ0v) is 11.1. The highest BCUT2D eigenvalue weighted by Gasteiger charge is 2.10. The predicted octanol–water partition coefficient (Wildman–Crippen LogP) is 3.11. The van der Waals surface area contributed by atoms with E-state index in [4.69, 9.17) is 0 Å². The van der Waals surface area contributed by atoms with Gasteiger partial charge in [-0.2, -0.15) is 0 Å². The lowest BCUT2D eigenvalue weighted by atomic mass is 10.1. The van der Waals surface area contributed by atoms with Crippen LogP contribution in [0, 0.1) is 13.8 Å². The van der Waals surface area contributed by atoms with Crippen LogP contribution in [0.2, 0.25) is 0 Å². The van der Waals surface area contributed by atoms with Crippen molar-refractivity contribution in [2.24, 2.45) is 0 Å². The van der Waals surface area contributed by atoms with E-state index < -0.39 is 0 Å². The lowest BCUT2D eigenvalue weighted by molar-refractivity contribution is 0.282. The van der Waals surface area contributed by atoms with Gasteiger partial charge in [-0.05, 0) is 31.5 Å². The van der Waals surface area contributed by atoms with Gasteiger partial charge in [0.15, 0.2) is 0 Å². The van der Waals surface area contributed by atoms with Crippen LogP contribution in [0.25, 0.3) is 16.9 Å². The van der Waals surface area contributed by atoms with Gasteiger partial charge in [0.05, 0.1) is 12.3 Å². The number of nitrogens with zero attached hydrogens (tertiary/aromatic N) is 2. The minimum absolute atomic E-state index is 0.0439. The van der Waals surface area contributed by atoms with Crippen molar-refractivity contribution in [3.05, 3.63) is 59.4 Å². The van der Waals surface area contributed by atoms with Crippen molar-refractivity contribution in [1.82, 2.24) is 9.38 Å². The summed E-state index contributed by atoms with van der Waals surface area (Å²) in [5.41, 5.74) is 6.23. The molecule has 3 aromatic rings. The first-order valence-corrected chi connectivity index (χ1v) is 6.34. The number of aliphatic hydroxyl groups excluding tert-OH is 1. The average molecular weight is 252 g/mol. The molecule has 0 aliphatic heterocycles. The summed E-state index contributed by atoms with van der Waals surface area (Å²) in [6, 6.07) is 12.2. The van der Waals surface area contributed by atoms with Gasteiger partial charge >= 0.3 is 0 Å². The van der Waals surface area contributed by atoms with Crippen LogP contribution < -0.4 is 0 Å². The summed E-state index contributed by atoms with van der Waals surface area (Å²) < 4.78 is 2.05. The first kappa shape index (κ1) is 11.9. The lowest BCUT2D eigenvalue weighted by Crippen LogP contribution is -1.90. The largest absolute Gasteiger partial charge is 0.392 e. The third-order valence-electron chi connectivity index (χ3n) is 3.44. The summed E-state index contributed by atoms with van der Waals surface area (Å²) >= 11 is 0. The van der Waals surface area contributed by atoms with Crippen LogP contribution in [0.15, 0.2) is 42.6 Å². The highest BCUT2D eigenvalue weighted by atomic mass is 16.3. The Balaban J connectivity index is 2.19. The second-order valence-electron chi connectivity index (χ2n) is 4.83. The molecule has 19 heavy (non-hydrogen) atoms.